The summed E-state index contributed by atoms with van der Waals surface area (Å²) in [6, 6.07) is 1.66. The molecule has 1 saturated heterocycles. The standard InChI is InChI=1S/C12H16FNO3/c1-7-5-8(9-6-14-3-4-17-9)10(13)11(15)12(7)16-2/h5,9,14-15H,3-4,6H2,1-2H3. The number of hydrogen-bond donors (Lipinski definition) is 2. The highest BCUT2D eigenvalue weighted by atomic mass is 19.1. The Balaban J connectivity index is 2.40. The maximum Gasteiger partial charge on any atom is 0.194 e. The number of aryl methyl sites for hydroxylation is 1. The summed E-state index contributed by atoms with van der Waals surface area (Å²) in [6.45, 7) is 3.61. The number of phenols is 1. The van der Waals surface area contributed by atoms with Crippen LogP contribution in [0.4, 0.5) is 4.39 Å². The SMILES string of the molecule is COc1c(C)cc(C2CNCCO2)c(F)c1O. The highest BCUT2D eigenvalue weighted by molar-refractivity contribution is 5.50. The van der Waals surface area contributed by atoms with Gasteiger partial charge in [0.15, 0.2) is 17.3 Å². The van der Waals surface area contributed by atoms with Crippen LogP contribution in [0.1, 0.15) is 17.2 Å². The van der Waals surface area contributed by atoms with Gasteiger partial charge >= 0.3 is 0 Å². The number of benzene rings is 1. The van der Waals surface area contributed by atoms with Crippen LogP contribution in [-0.4, -0.2) is 31.9 Å². The fourth-order valence-corrected chi connectivity index (χ4v) is 2.04. The van der Waals surface area contributed by atoms with E-state index in [0.29, 0.717) is 24.3 Å². The van der Waals surface area contributed by atoms with E-state index in [4.69, 9.17) is 9.47 Å². The first-order chi connectivity index (χ1) is 8.15. The van der Waals surface area contributed by atoms with E-state index in [9.17, 15) is 9.50 Å². The maximum absolute atomic E-state index is 14.0. The van der Waals surface area contributed by atoms with Crippen LogP contribution in [0.3, 0.4) is 0 Å². The number of nitrogens with one attached hydrogen (secondary N) is 1. The summed E-state index contributed by atoms with van der Waals surface area (Å²) in [7, 11) is 1.40. The van der Waals surface area contributed by atoms with Crippen LogP contribution in [0.2, 0.25) is 0 Å². The van der Waals surface area contributed by atoms with Gasteiger partial charge in [-0.15, -0.1) is 0 Å². The molecular formula is C12H16FNO3. The van der Waals surface area contributed by atoms with Crippen molar-refractivity contribution in [2.75, 3.05) is 26.8 Å². The Morgan fingerprint density at radius 1 is 1.59 bits per heavy atom. The number of methoxy groups -OCH3 is 1. The molecule has 2 N–H and O–H groups in total. The topological polar surface area (TPSA) is 50.7 Å². The van der Waals surface area contributed by atoms with Crippen molar-refractivity contribution in [3.8, 4) is 11.5 Å². The van der Waals surface area contributed by atoms with Gasteiger partial charge in [0.25, 0.3) is 0 Å². The Kier molecular flexibility index (Phi) is 3.49. The molecular weight excluding hydrogens is 225 g/mol. The van der Waals surface area contributed by atoms with Crippen molar-refractivity contribution < 1.29 is 19.0 Å². The zero-order valence-corrected chi connectivity index (χ0v) is 9.92. The van der Waals surface area contributed by atoms with E-state index in [1.54, 1.807) is 13.0 Å². The highest BCUT2D eigenvalue weighted by Crippen LogP contribution is 2.37. The molecule has 0 radical (unpaired) electrons. The first-order valence-corrected chi connectivity index (χ1v) is 5.53. The van der Waals surface area contributed by atoms with Crippen molar-refractivity contribution in [1.29, 1.82) is 0 Å². The Bertz CT molecular complexity index is 417. The van der Waals surface area contributed by atoms with E-state index in [1.807, 2.05) is 0 Å². The molecule has 1 atom stereocenters. The molecule has 0 amide bonds. The van der Waals surface area contributed by atoms with E-state index in [2.05, 4.69) is 5.32 Å². The van der Waals surface area contributed by atoms with Gasteiger partial charge in [0, 0.05) is 18.7 Å². The van der Waals surface area contributed by atoms with Crippen molar-refractivity contribution in [2.24, 2.45) is 0 Å². The van der Waals surface area contributed by atoms with Gasteiger partial charge < -0.3 is 19.9 Å². The summed E-state index contributed by atoms with van der Waals surface area (Å²) in [5.74, 6) is -0.937. The summed E-state index contributed by atoms with van der Waals surface area (Å²) >= 11 is 0. The van der Waals surface area contributed by atoms with E-state index in [1.165, 1.54) is 7.11 Å². The minimum Gasteiger partial charge on any atom is -0.502 e. The van der Waals surface area contributed by atoms with Gasteiger partial charge in [-0.25, -0.2) is 4.39 Å². The summed E-state index contributed by atoms with van der Waals surface area (Å²) in [4.78, 5) is 0. The minimum absolute atomic E-state index is 0.176. The molecule has 1 unspecified atom stereocenters. The van der Waals surface area contributed by atoms with Crippen LogP contribution >= 0.6 is 0 Å². The third kappa shape index (κ3) is 2.21. The molecule has 0 bridgehead atoms. The average Bonchev–Trinajstić information content (AvgIpc) is 2.35. The molecule has 0 aromatic heterocycles. The fourth-order valence-electron chi connectivity index (χ4n) is 2.04. The summed E-state index contributed by atoms with van der Waals surface area (Å²) in [6.07, 6.45) is -0.362. The van der Waals surface area contributed by atoms with Gasteiger partial charge in [-0.3, -0.25) is 0 Å². The molecule has 1 aliphatic rings. The van der Waals surface area contributed by atoms with Crippen LogP contribution in [0.5, 0.6) is 11.5 Å². The molecule has 1 heterocycles. The van der Waals surface area contributed by atoms with E-state index in [-0.39, 0.29) is 11.9 Å². The first kappa shape index (κ1) is 12.1. The van der Waals surface area contributed by atoms with Crippen LogP contribution in [0.15, 0.2) is 6.07 Å². The lowest BCUT2D eigenvalue weighted by molar-refractivity contribution is 0.0251. The lowest BCUT2D eigenvalue weighted by Crippen LogP contribution is -2.33. The second-order valence-corrected chi connectivity index (χ2v) is 4.04. The van der Waals surface area contributed by atoms with E-state index in [0.717, 1.165) is 6.54 Å². The average molecular weight is 241 g/mol. The minimum atomic E-state index is -0.666. The predicted molar refractivity (Wildman–Crippen MR) is 60.9 cm³/mol. The van der Waals surface area contributed by atoms with Crippen LogP contribution in [0, 0.1) is 12.7 Å². The van der Waals surface area contributed by atoms with Gasteiger partial charge in [-0.2, -0.15) is 0 Å². The largest absolute Gasteiger partial charge is 0.502 e. The second kappa shape index (κ2) is 4.89. The number of halogens is 1. The van der Waals surface area contributed by atoms with Gasteiger partial charge in [0.05, 0.1) is 19.8 Å². The number of rotatable bonds is 2. The molecule has 17 heavy (non-hydrogen) atoms. The third-order valence-electron chi connectivity index (χ3n) is 2.89. The van der Waals surface area contributed by atoms with Gasteiger partial charge in [-0.1, -0.05) is 0 Å². The molecule has 1 fully saturated rings. The molecule has 2 rings (SSSR count). The smallest absolute Gasteiger partial charge is 0.194 e. The molecule has 5 heteroatoms. The Labute approximate surface area is 99.4 Å². The molecule has 4 nitrogen and oxygen atoms in total. The summed E-state index contributed by atoms with van der Waals surface area (Å²) < 4.78 is 24.4. The monoisotopic (exact) mass is 241 g/mol. The van der Waals surface area contributed by atoms with Crippen LogP contribution in [-0.2, 0) is 4.74 Å². The Morgan fingerprint density at radius 2 is 2.35 bits per heavy atom. The zero-order valence-electron chi connectivity index (χ0n) is 9.92. The fraction of sp³-hybridized carbons (Fsp3) is 0.500. The molecule has 0 spiro atoms. The lowest BCUT2D eigenvalue weighted by Gasteiger charge is -2.25. The van der Waals surface area contributed by atoms with Crippen molar-refractivity contribution in [3.05, 3.63) is 23.0 Å². The maximum atomic E-state index is 14.0. The van der Waals surface area contributed by atoms with E-state index < -0.39 is 11.6 Å². The Hall–Kier alpha value is -1.33. The number of ether oxygens (including phenoxy) is 2. The lowest BCUT2D eigenvalue weighted by atomic mass is 10.0. The number of morpholine rings is 1. The number of aromatic hydroxyl groups is 1. The molecule has 1 aliphatic heterocycles. The van der Waals surface area contributed by atoms with Crippen LogP contribution in [0.25, 0.3) is 0 Å². The number of phenolic OH excluding ortho intramolecular Hbond substituents is 1. The molecule has 1 aromatic carbocycles. The van der Waals surface area contributed by atoms with Gasteiger partial charge in [-0.05, 0) is 18.6 Å². The quantitative estimate of drug-likeness (QED) is 0.824. The van der Waals surface area contributed by atoms with E-state index >= 15 is 0 Å². The van der Waals surface area contributed by atoms with Gasteiger partial charge in [0.1, 0.15) is 0 Å². The summed E-state index contributed by atoms with van der Waals surface area (Å²) in [5, 5.41) is 12.8. The Morgan fingerprint density at radius 3 is 2.94 bits per heavy atom. The highest BCUT2D eigenvalue weighted by Gasteiger charge is 2.24. The van der Waals surface area contributed by atoms with Crippen molar-refractivity contribution in [3.63, 3.8) is 0 Å². The predicted octanol–water partition coefficient (Wildman–Crippen LogP) is 1.51. The number of hydrogen-bond acceptors (Lipinski definition) is 4. The normalized spacial score (nSPS) is 20.3. The van der Waals surface area contributed by atoms with Crippen molar-refractivity contribution in [1.82, 2.24) is 5.32 Å². The second-order valence-electron chi connectivity index (χ2n) is 4.04. The molecule has 0 saturated carbocycles. The third-order valence-corrected chi connectivity index (χ3v) is 2.89. The molecule has 0 aliphatic carbocycles. The molecule has 1 aromatic rings. The first-order valence-electron chi connectivity index (χ1n) is 5.53. The van der Waals surface area contributed by atoms with Crippen molar-refractivity contribution >= 4 is 0 Å². The summed E-state index contributed by atoms with van der Waals surface area (Å²) in [5.41, 5.74) is 1.06. The molecule has 94 valence electrons. The van der Waals surface area contributed by atoms with Gasteiger partial charge in [0.2, 0.25) is 0 Å². The van der Waals surface area contributed by atoms with Crippen LogP contribution < -0.4 is 10.1 Å². The van der Waals surface area contributed by atoms with Crippen molar-refractivity contribution in [2.45, 2.75) is 13.0 Å². The zero-order chi connectivity index (χ0) is 12.4.